The summed E-state index contributed by atoms with van der Waals surface area (Å²) < 4.78 is 30.6. The van der Waals surface area contributed by atoms with Crippen molar-refractivity contribution in [3.8, 4) is 17.2 Å². The predicted octanol–water partition coefficient (Wildman–Crippen LogP) is 4.24. The smallest absolute Gasteiger partial charge is 0.306 e. The molecule has 0 aliphatic carbocycles. The van der Waals surface area contributed by atoms with E-state index >= 15 is 0 Å². The molecule has 0 aromatic heterocycles. The van der Waals surface area contributed by atoms with Gasteiger partial charge in [0.25, 0.3) is 0 Å². The SMILES string of the molecule is CCOC(=O)CC(c1ccc(C)c(CN2CCOc3cc(OCCOCCN)ccc3S2)c1)c1cc(N)c(N(C)N)c(OC)c1. The number of hydrogen-bond acceptors (Lipinski definition) is 12. The van der Waals surface area contributed by atoms with Gasteiger partial charge in [0.15, 0.2) is 0 Å². The Hall–Kier alpha value is -3.68. The second-order valence-corrected chi connectivity index (χ2v) is 11.8. The van der Waals surface area contributed by atoms with Crippen molar-refractivity contribution in [3.63, 3.8) is 0 Å². The molecule has 0 fully saturated rings. The Morgan fingerprint density at radius 1 is 1.11 bits per heavy atom. The van der Waals surface area contributed by atoms with Gasteiger partial charge in [0.2, 0.25) is 0 Å². The fraction of sp³-hybridized carbons (Fsp3) is 0.424. The summed E-state index contributed by atoms with van der Waals surface area (Å²) >= 11 is 1.65. The van der Waals surface area contributed by atoms with E-state index in [9.17, 15) is 4.79 Å². The van der Waals surface area contributed by atoms with Crippen molar-refractivity contribution < 1.29 is 28.5 Å². The maximum absolute atomic E-state index is 12.8. The van der Waals surface area contributed by atoms with E-state index in [1.165, 1.54) is 5.01 Å². The van der Waals surface area contributed by atoms with Crippen molar-refractivity contribution >= 4 is 29.3 Å². The van der Waals surface area contributed by atoms with Gasteiger partial charge in [-0.1, -0.05) is 18.2 Å². The van der Waals surface area contributed by atoms with Crippen molar-refractivity contribution in [1.82, 2.24) is 4.31 Å². The first-order valence-electron chi connectivity index (χ1n) is 15.0. The van der Waals surface area contributed by atoms with Gasteiger partial charge in [-0.3, -0.25) is 4.79 Å². The van der Waals surface area contributed by atoms with Crippen LogP contribution in [0, 0.1) is 6.92 Å². The number of ether oxygens (including phenoxy) is 5. The Morgan fingerprint density at radius 3 is 2.67 bits per heavy atom. The summed E-state index contributed by atoms with van der Waals surface area (Å²) in [5.41, 5.74) is 17.1. The number of nitrogen functional groups attached to an aromatic ring is 1. The minimum Gasteiger partial charge on any atom is -0.494 e. The Bertz CT molecular complexity index is 1440. The number of hydrogen-bond donors (Lipinski definition) is 3. The second-order valence-electron chi connectivity index (χ2n) is 10.7. The molecule has 12 heteroatoms. The van der Waals surface area contributed by atoms with E-state index in [0.29, 0.717) is 63.2 Å². The summed E-state index contributed by atoms with van der Waals surface area (Å²) in [6.45, 7) is 8.07. The molecular formula is C33H45N5O6S. The van der Waals surface area contributed by atoms with Gasteiger partial charge in [0.1, 0.15) is 36.1 Å². The number of hydrazine groups is 1. The quantitative estimate of drug-likeness (QED) is 0.0546. The van der Waals surface area contributed by atoms with E-state index in [-0.39, 0.29) is 18.3 Å². The van der Waals surface area contributed by atoms with Gasteiger partial charge in [-0.15, -0.1) is 0 Å². The van der Waals surface area contributed by atoms with Crippen LogP contribution in [0.1, 0.15) is 41.5 Å². The number of aryl methyl sites for hydroxylation is 1. The Kier molecular flexibility index (Phi) is 12.6. The van der Waals surface area contributed by atoms with Crippen molar-refractivity contribution in [1.29, 1.82) is 0 Å². The van der Waals surface area contributed by atoms with E-state index in [2.05, 4.69) is 29.4 Å². The summed E-state index contributed by atoms with van der Waals surface area (Å²) in [6.07, 6.45) is 0.153. The Labute approximate surface area is 270 Å². The number of benzene rings is 3. The maximum atomic E-state index is 12.8. The van der Waals surface area contributed by atoms with Gasteiger partial charge >= 0.3 is 5.97 Å². The number of rotatable bonds is 15. The van der Waals surface area contributed by atoms with Crippen molar-refractivity contribution in [2.45, 2.75) is 37.6 Å². The Balaban J connectivity index is 1.56. The molecule has 0 radical (unpaired) electrons. The largest absolute Gasteiger partial charge is 0.494 e. The monoisotopic (exact) mass is 639 g/mol. The van der Waals surface area contributed by atoms with Crippen LogP contribution in [0.5, 0.6) is 17.2 Å². The molecule has 11 nitrogen and oxygen atoms in total. The van der Waals surface area contributed by atoms with E-state index < -0.39 is 0 Å². The summed E-state index contributed by atoms with van der Waals surface area (Å²) in [5, 5.41) is 1.43. The average molecular weight is 640 g/mol. The van der Waals surface area contributed by atoms with Gasteiger partial charge in [-0.2, -0.15) is 0 Å². The third kappa shape index (κ3) is 9.18. The minimum absolute atomic E-state index is 0.153. The van der Waals surface area contributed by atoms with Crippen LogP contribution >= 0.6 is 11.9 Å². The molecule has 1 aliphatic heterocycles. The van der Waals surface area contributed by atoms with Crippen LogP contribution in [-0.4, -0.2) is 70.6 Å². The lowest BCUT2D eigenvalue weighted by atomic mass is 9.86. The number of methoxy groups -OCH3 is 1. The average Bonchev–Trinajstić information content (AvgIpc) is 3.21. The number of fused-ring (bicyclic) bond motifs is 1. The number of carbonyl (C=O) groups excluding carboxylic acids is 1. The lowest BCUT2D eigenvalue weighted by molar-refractivity contribution is -0.143. The molecule has 0 saturated heterocycles. The summed E-state index contributed by atoms with van der Waals surface area (Å²) in [5.74, 6) is 7.49. The highest BCUT2D eigenvalue weighted by atomic mass is 32.2. The topological polar surface area (TPSA) is 148 Å². The van der Waals surface area contributed by atoms with Crippen molar-refractivity contribution in [2.24, 2.45) is 11.6 Å². The highest BCUT2D eigenvalue weighted by molar-refractivity contribution is 7.97. The zero-order chi connectivity index (χ0) is 32.3. The van der Waals surface area contributed by atoms with Crippen LogP contribution < -0.4 is 36.5 Å². The molecule has 0 saturated carbocycles. The molecule has 0 spiro atoms. The molecule has 0 bridgehead atoms. The molecule has 4 rings (SSSR count). The lowest BCUT2D eigenvalue weighted by Gasteiger charge is -2.24. The molecule has 45 heavy (non-hydrogen) atoms. The van der Waals surface area contributed by atoms with Gasteiger partial charge < -0.3 is 40.2 Å². The fourth-order valence-corrected chi connectivity index (χ4v) is 6.18. The summed E-state index contributed by atoms with van der Waals surface area (Å²) in [7, 11) is 3.28. The van der Waals surface area contributed by atoms with Crippen LogP contribution in [0.4, 0.5) is 11.4 Å². The molecular weight excluding hydrogens is 594 g/mol. The molecule has 3 aromatic carbocycles. The number of esters is 1. The van der Waals surface area contributed by atoms with Crippen molar-refractivity contribution in [3.05, 3.63) is 70.8 Å². The van der Waals surface area contributed by atoms with E-state index in [1.54, 1.807) is 33.0 Å². The molecule has 1 unspecified atom stereocenters. The van der Waals surface area contributed by atoms with Gasteiger partial charge in [-0.05, 0) is 72.3 Å². The zero-order valence-corrected chi connectivity index (χ0v) is 27.4. The second kappa shape index (κ2) is 16.6. The predicted molar refractivity (Wildman–Crippen MR) is 178 cm³/mol. The number of nitrogens with two attached hydrogens (primary N) is 3. The number of anilines is 2. The van der Waals surface area contributed by atoms with Crippen molar-refractivity contribution in [2.75, 3.05) is 71.0 Å². The standard InChI is InChI=1S/C33H45N5O6S/c1-5-42-32(39)20-27(24-17-28(35)33(37(3)36)30(18-24)40-4)23-7-6-22(2)25(16-23)21-38-11-13-44-29-19-26(8-9-31(29)45-38)43-15-14-41-12-10-34/h6-9,16-19,27H,5,10-15,20-21,34-36H2,1-4H3. The van der Waals surface area contributed by atoms with Crippen LogP contribution in [0.3, 0.4) is 0 Å². The molecule has 0 amide bonds. The summed E-state index contributed by atoms with van der Waals surface area (Å²) in [6, 6.07) is 16.0. The molecule has 244 valence electrons. The number of nitrogens with zero attached hydrogens (tertiary/aromatic N) is 2. The molecule has 3 aromatic rings. The van der Waals surface area contributed by atoms with Gasteiger partial charge in [0.05, 0.1) is 43.9 Å². The third-order valence-corrected chi connectivity index (χ3v) is 8.50. The first kappa shape index (κ1) is 34.2. The molecule has 1 heterocycles. The van der Waals surface area contributed by atoms with E-state index in [1.807, 2.05) is 30.3 Å². The first-order chi connectivity index (χ1) is 21.7. The Morgan fingerprint density at radius 2 is 1.93 bits per heavy atom. The maximum Gasteiger partial charge on any atom is 0.306 e. The minimum atomic E-state index is -0.309. The van der Waals surface area contributed by atoms with Crippen LogP contribution in [-0.2, 0) is 20.8 Å². The normalized spacial score (nSPS) is 13.7. The van der Waals surface area contributed by atoms with E-state index in [0.717, 1.165) is 45.2 Å². The summed E-state index contributed by atoms with van der Waals surface area (Å²) in [4.78, 5) is 13.8. The van der Waals surface area contributed by atoms with Gasteiger partial charge in [-0.25, -0.2) is 10.1 Å². The molecule has 1 atom stereocenters. The van der Waals surface area contributed by atoms with Gasteiger partial charge in [0, 0.05) is 38.7 Å². The molecule has 1 aliphatic rings. The van der Waals surface area contributed by atoms with Crippen LogP contribution in [0.15, 0.2) is 53.4 Å². The molecule has 6 N–H and O–H groups in total. The zero-order valence-electron chi connectivity index (χ0n) is 26.5. The lowest BCUT2D eigenvalue weighted by Crippen LogP contribution is -2.26. The highest BCUT2D eigenvalue weighted by Gasteiger charge is 2.24. The number of carbonyl (C=O) groups is 1. The van der Waals surface area contributed by atoms with Crippen LogP contribution in [0.25, 0.3) is 0 Å². The third-order valence-electron chi connectivity index (χ3n) is 7.40. The van der Waals surface area contributed by atoms with Crippen LogP contribution in [0.2, 0.25) is 0 Å². The van der Waals surface area contributed by atoms with E-state index in [4.69, 9.17) is 41.0 Å². The fourth-order valence-electron chi connectivity index (χ4n) is 5.19. The first-order valence-corrected chi connectivity index (χ1v) is 15.8. The highest BCUT2D eigenvalue weighted by Crippen LogP contribution is 2.41.